The standard InChI is InChI=1S/C18H20ClN/c1-4-14-10-15(12-17(19)11-14)6-7-16-9-13(2)5-8-18(16)20-3/h5,8-12H,3-4,6-7H2,1-2H3. The van der Waals surface area contributed by atoms with Crippen molar-refractivity contribution in [2.24, 2.45) is 4.99 Å². The summed E-state index contributed by atoms with van der Waals surface area (Å²) in [6.07, 6.45) is 2.94. The fraction of sp³-hybridized carbons (Fsp3) is 0.278. The summed E-state index contributed by atoms with van der Waals surface area (Å²) in [5.74, 6) is 0. The minimum Gasteiger partial charge on any atom is -0.264 e. The maximum absolute atomic E-state index is 6.17. The molecule has 0 aliphatic carbocycles. The summed E-state index contributed by atoms with van der Waals surface area (Å²) in [5.41, 5.74) is 6.06. The lowest BCUT2D eigenvalue weighted by atomic mass is 9.99. The van der Waals surface area contributed by atoms with Crippen molar-refractivity contribution in [3.05, 3.63) is 63.7 Å². The second kappa shape index (κ2) is 6.71. The van der Waals surface area contributed by atoms with Gasteiger partial charge in [-0.2, -0.15) is 0 Å². The number of halogens is 1. The molecule has 2 rings (SSSR count). The van der Waals surface area contributed by atoms with Gasteiger partial charge in [-0.3, -0.25) is 4.99 Å². The lowest BCUT2D eigenvalue weighted by molar-refractivity contribution is 0.951. The van der Waals surface area contributed by atoms with E-state index in [-0.39, 0.29) is 0 Å². The van der Waals surface area contributed by atoms with Gasteiger partial charge in [0, 0.05) is 5.02 Å². The summed E-state index contributed by atoms with van der Waals surface area (Å²) < 4.78 is 0. The van der Waals surface area contributed by atoms with Crippen LogP contribution in [0.2, 0.25) is 5.02 Å². The van der Waals surface area contributed by atoms with Crippen molar-refractivity contribution in [2.75, 3.05) is 0 Å². The largest absolute Gasteiger partial charge is 0.264 e. The molecular formula is C18H20ClN. The smallest absolute Gasteiger partial charge is 0.0654 e. The zero-order chi connectivity index (χ0) is 14.5. The molecule has 0 aromatic heterocycles. The van der Waals surface area contributed by atoms with Crippen LogP contribution >= 0.6 is 11.6 Å². The van der Waals surface area contributed by atoms with Crippen LogP contribution in [0.3, 0.4) is 0 Å². The maximum Gasteiger partial charge on any atom is 0.0654 e. The van der Waals surface area contributed by atoms with Gasteiger partial charge in [-0.1, -0.05) is 42.3 Å². The highest BCUT2D eigenvalue weighted by Crippen LogP contribution is 2.23. The van der Waals surface area contributed by atoms with Crippen molar-refractivity contribution < 1.29 is 0 Å². The first kappa shape index (κ1) is 14.8. The van der Waals surface area contributed by atoms with Gasteiger partial charge >= 0.3 is 0 Å². The van der Waals surface area contributed by atoms with E-state index in [0.29, 0.717) is 0 Å². The van der Waals surface area contributed by atoms with Crippen LogP contribution in [-0.2, 0) is 19.3 Å². The van der Waals surface area contributed by atoms with E-state index in [2.05, 4.69) is 49.8 Å². The van der Waals surface area contributed by atoms with Crippen molar-refractivity contribution in [2.45, 2.75) is 33.1 Å². The molecular weight excluding hydrogens is 266 g/mol. The first-order valence-corrected chi connectivity index (χ1v) is 7.34. The Kier molecular flexibility index (Phi) is 4.97. The first-order valence-electron chi connectivity index (χ1n) is 6.97. The quantitative estimate of drug-likeness (QED) is 0.659. The third-order valence-electron chi connectivity index (χ3n) is 3.51. The molecule has 0 heterocycles. The molecule has 0 atom stereocenters. The van der Waals surface area contributed by atoms with Gasteiger partial charge in [-0.05, 0) is 67.8 Å². The molecule has 20 heavy (non-hydrogen) atoms. The second-order valence-corrected chi connectivity index (χ2v) is 5.55. The number of hydrogen-bond donors (Lipinski definition) is 0. The molecule has 0 fully saturated rings. The van der Waals surface area contributed by atoms with Gasteiger partial charge in [-0.15, -0.1) is 0 Å². The minimum atomic E-state index is 0.825. The summed E-state index contributed by atoms with van der Waals surface area (Å²) in [4.78, 5) is 4.10. The van der Waals surface area contributed by atoms with E-state index in [4.69, 9.17) is 11.6 Å². The molecule has 2 heteroatoms. The molecule has 0 amide bonds. The summed E-state index contributed by atoms with van der Waals surface area (Å²) in [6.45, 7) is 7.90. The molecule has 0 aliphatic heterocycles. The van der Waals surface area contributed by atoms with E-state index >= 15 is 0 Å². The van der Waals surface area contributed by atoms with Crippen molar-refractivity contribution in [3.8, 4) is 0 Å². The van der Waals surface area contributed by atoms with Crippen molar-refractivity contribution in [1.29, 1.82) is 0 Å². The van der Waals surface area contributed by atoms with Crippen LogP contribution in [0.1, 0.15) is 29.2 Å². The van der Waals surface area contributed by atoms with Crippen molar-refractivity contribution >= 4 is 24.0 Å². The van der Waals surface area contributed by atoms with Crippen LogP contribution in [0.5, 0.6) is 0 Å². The van der Waals surface area contributed by atoms with Crippen molar-refractivity contribution in [3.63, 3.8) is 0 Å². The van der Waals surface area contributed by atoms with Gasteiger partial charge in [0.05, 0.1) is 5.69 Å². The Bertz CT molecular complexity index is 617. The predicted molar refractivity (Wildman–Crippen MR) is 88.6 cm³/mol. The van der Waals surface area contributed by atoms with E-state index in [0.717, 1.165) is 30.0 Å². The number of aryl methyl sites for hydroxylation is 4. The van der Waals surface area contributed by atoms with Crippen LogP contribution < -0.4 is 0 Å². The van der Waals surface area contributed by atoms with E-state index in [1.807, 2.05) is 12.1 Å². The Morgan fingerprint density at radius 1 is 1.05 bits per heavy atom. The fourth-order valence-corrected chi connectivity index (χ4v) is 2.69. The van der Waals surface area contributed by atoms with Gasteiger partial charge < -0.3 is 0 Å². The predicted octanol–water partition coefficient (Wildman–Crippen LogP) is 5.33. The Morgan fingerprint density at radius 3 is 2.50 bits per heavy atom. The summed E-state index contributed by atoms with van der Waals surface area (Å²) in [6, 6.07) is 12.6. The molecule has 0 unspecified atom stereocenters. The van der Waals surface area contributed by atoms with E-state index in [9.17, 15) is 0 Å². The molecule has 104 valence electrons. The Hall–Kier alpha value is -1.60. The molecule has 0 bridgehead atoms. The monoisotopic (exact) mass is 285 g/mol. The van der Waals surface area contributed by atoms with Crippen LogP contribution in [0, 0.1) is 6.92 Å². The number of hydrogen-bond acceptors (Lipinski definition) is 1. The molecule has 0 saturated carbocycles. The van der Waals surface area contributed by atoms with Crippen LogP contribution in [0.4, 0.5) is 5.69 Å². The highest BCUT2D eigenvalue weighted by molar-refractivity contribution is 6.30. The zero-order valence-electron chi connectivity index (χ0n) is 12.1. The Morgan fingerprint density at radius 2 is 1.80 bits per heavy atom. The van der Waals surface area contributed by atoms with Gasteiger partial charge in [0.1, 0.15) is 0 Å². The molecule has 2 aromatic carbocycles. The number of nitrogens with zero attached hydrogens (tertiary/aromatic N) is 1. The lowest BCUT2D eigenvalue weighted by Crippen LogP contribution is -1.94. The summed E-state index contributed by atoms with van der Waals surface area (Å²) in [5, 5.41) is 0.825. The normalized spacial score (nSPS) is 10.6. The molecule has 0 radical (unpaired) electrons. The van der Waals surface area contributed by atoms with Gasteiger partial charge in [-0.25, -0.2) is 0 Å². The van der Waals surface area contributed by atoms with Crippen LogP contribution in [-0.4, -0.2) is 6.72 Å². The average molecular weight is 286 g/mol. The highest BCUT2D eigenvalue weighted by Gasteiger charge is 2.04. The summed E-state index contributed by atoms with van der Waals surface area (Å²) >= 11 is 6.17. The molecule has 0 N–H and O–H groups in total. The first-order chi connectivity index (χ1) is 9.62. The topological polar surface area (TPSA) is 12.4 Å². The van der Waals surface area contributed by atoms with Gasteiger partial charge in [0.15, 0.2) is 0 Å². The average Bonchev–Trinajstić information content (AvgIpc) is 2.44. The number of rotatable bonds is 5. The maximum atomic E-state index is 6.17. The zero-order valence-corrected chi connectivity index (χ0v) is 12.9. The number of aliphatic imine (C=N–C) groups is 1. The van der Waals surface area contributed by atoms with Crippen LogP contribution in [0.25, 0.3) is 0 Å². The van der Waals surface area contributed by atoms with Crippen LogP contribution in [0.15, 0.2) is 41.4 Å². The highest BCUT2D eigenvalue weighted by atomic mass is 35.5. The summed E-state index contributed by atoms with van der Waals surface area (Å²) in [7, 11) is 0. The van der Waals surface area contributed by atoms with E-state index < -0.39 is 0 Å². The Labute approximate surface area is 126 Å². The molecule has 0 saturated heterocycles. The SMILES string of the molecule is C=Nc1ccc(C)cc1CCc1cc(Cl)cc(CC)c1. The third kappa shape index (κ3) is 3.71. The molecule has 2 aromatic rings. The van der Waals surface area contributed by atoms with E-state index in [1.54, 1.807) is 0 Å². The molecule has 1 nitrogen and oxygen atoms in total. The number of benzene rings is 2. The molecule has 0 aliphatic rings. The van der Waals surface area contributed by atoms with Gasteiger partial charge in [0.25, 0.3) is 0 Å². The second-order valence-electron chi connectivity index (χ2n) is 5.11. The Balaban J connectivity index is 2.18. The minimum absolute atomic E-state index is 0.825. The molecule has 0 spiro atoms. The van der Waals surface area contributed by atoms with E-state index in [1.165, 1.54) is 22.3 Å². The van der Waals surface area contributed by atoms with Gasteiger partial charge in [0.2, 0.25) is 0 Å². The van der Waals surface area contributed by atoms with Crippen molar-refractivity contribution in [1.82, 2.24) is 0 Å². The fourth-order valence-electron chi connectivity index (χ4n) is 2.41. The third-order valence-corrected chi connectivity index (χ3v) is 3.73. The lowest BCUT2D eigenvalue weighted by Gasteiger charge is -2.08.